The van der Waals surface area contributed by atoms with Gasteiger partial charge >= 0.3 is 17.6 Å². The lowest BCUT2D eigenvalue weighted by Gasteiger charge is -2.31. The number of fused-ring (bicyclic) bond motifs is 1. The molecule has 1 aliphatic heterocycles. The summed E-state index contributed by atoms with van der Waals surface area (Å²) in [5, 5.41) is 0. The SMILES string of the molecule is CC#CCn1c(N2CCC[C@@H](N)C2)nc2c1c(=O)n(Cc1cccc(C(=O)OC)c1)c(=O)n2Cc1cccc(C(=O)OC)c1. The zero-order chi connectivity index (χ0) is 31.4. The Labute approximate surface area is 253 Å². The van der Waals surface area contributed by atoms with Gasteiger partial charge in [-0.15, -0.1) is 5.92 Å². The van der Waals surface area contributed by atoms with Gasteiger partial charge in [0.25, 0.3) is 5.56 Å². The molecule has 4 aromatic rings. The molecule has 12 nitrogen and oxygen atoms in total. The van der Waals surface area contributed by atoms with Crippen molar-refractivity contribution in [2.75, 3.05) is 32.2 Å². The van der Waals surface area contributed by atoms with E-state index in [0.29, 0.717) is 41.3 Å². The van der Waals surface area contributed by atoms with Crippen LogP contribution in [0.2, 0.25) is 0 Å². The number of hydrogen-bond donors (Lipinski definition) is 1. The first-order valence-corrected chi connectivity index (χ1v) is 14.2. The number of nitrogens with two attached hydrogens (primary N) is 1. The first-order chi connectivity index (χ1) is 21.2. The highest BCUT2D eigenvalue weighted by Gasteiger charge is 2.27. The van der Waals surface area contributed by atoms with Crippen molar-refractivity contribution in [2.45, 2.75) is 45.4 Å². The lowest BCUT2D eigenvalue weighted by atomic mass is 10.1. The van der Waals surface area contributed by atoms with Gasteiger partial charge in [0, 0.05) is 19.1 Å². The van der Waals surface area contributed by atoms with Crippen LogP contribution >= 0.6 is 0 Å². The van der Waals surface area contributed by atoms with Crippen molar-refractivity contribution < 1.29 is 19.1 Å². The summed E-state index contributed by atoms with van der Waals surface area (Å²) in [5.74, 6) is 5.40. The molecule has 1 aliphatic rings. The van der Waals surface area contributed by atoms with Gasteiger partial charge in [-0.1, -0.05) is 30.2 Å². The molecule has 0 saturated carbocycles. The van der Waals surface area contributed by atoms with Gasteiger partial charge in [-0.3, -0.25) is 18.5 Å². The van der Waals surface area contributed by atoms with E-state index in [1.807, 2.05) is 4.90 Å². The number of nitrogens with zero attached hydrogens (tertiary/aromatic N) is 5. The number of rotatable bonds is 8. The standard InChI is InChI=1S/C32H34N6O6/c1-4-5-15-36-26-27(34-31(36)35-14-8-13-25(33)20-35)37(18-21-9-6-11-23(16-21)29(40)43-2)32(42)38(28(26)39)19-22-10-7-12-24(17-22)30(41)44-3/h6-7,9-12,16-17,25H,8,13-15,18-20,33H2,1-3H3/t25-/m1/s1. The molecule has 3 heterocycles. The van der Waals surface area contributed by atoms with Crippen molar-refractivity contribution in [2.24, 2.45) is 5.73 Å². The molecule has 0 amide bonds. The summed E-state index contributed by atoms with van der Waals surface area (Å²) >= 11 is 0. The normalized spacial score (nSPS) is 14.6. The molecule has 1 fully saturated rings. The number of benzene rings is 2. The van der Waals surface area contributed by atoms with Crippen LogP contribution in [0.15, 0.2) is 58.1 Å². The van der Waals surface area contributed by atoms with E-state index >= 15 is 0 Å². The Kier molecular flexibility index (Phi) is 8.96. The fraction of sp³-hybridized carbons (Fsp3) is 0.344. The Morgan fingerprint density at radius 2 is 1.57 bits per heavy atom. The zero-order valence-electron chi connectivity index (χ0n) is 24.9. The molecule has 2 aromatic heterocycles. The minimum atomic E-state index is -0.595. The number of carbonyl (C=O) groups is 2. The van der Waals surface area contributed by atoms with Crippen molar-refractivity contribution in [3.8, 4) is 11.8 Å². The second-order valence-electron chi connectivity index (χ2n) is 10.6. The molecule has 1 atom stereocenters. The predicted molar refractivity (Wildman–Crippen MR) is 165 cm³/mol. The molecule has 2 aromatic carbocycles. The lowest BCUT2D eigenvalue weighted by Crippen LogP contribution is -2.44. The molecule has 2 N–H and O–H groups in total. The van der Waals surface area contributed by atoms with Crippen molar-refractivity contribution in [3.63, 3.8) is 0 Å². The van der Waals surface area contributed by atoms with Crippen LogP contribution in [0.3, 0.4) is 0 Å². The first kappa shape index (κ1) is 30.3. The largest absolute Gasteiger partial charge is 0.465 e. The molecule has 228 valence electrons. The van der Waals surface area contributed by atoms with E-state index in [4.69, 9.17) is 20.2 Å². The Bertz CT molecular complexity index is 1910. The van der Waals surface area contributed by atoms with Crippen LogP contribution in [-0.4, -0.2) is 64.0 Å². The number of imidazole rings is 1. The van der Waals surface area contributed by atoms with Crippen molar-refractivity contribution >= 4 is 29.1 Å². The second kappa shape index (κ2) is 13.0. The maximum Gasteiger partial charge on any atom is 0.337 e. The van der Waals surface area contributed by atoms with Gasteiger partial charge < -0.3 is 20.1 Å². The molecular formula is C32H34N6O6. The summed E-state index contributed by atoms with van der Waals surface area (Å²) in [7, 11) is 2.59. The fourth-order valence-electron chi connectivity index (χ4n) is 5.50. The van der Waals surface area contributed by atoms with Gasteiger partial charge in [-0.05, 0) is 55.2 Å². The maximum absolute atomic E-state index is 14.2. The minimum Gasteiger partial charge on any atom is -0.465 e. The van der Waals surface area contributed by atoms with Crippen LogP contribution in [0.5, 0.6) is 0 Å². The van der Waals surface area contributed by atoms with E-state index in [1.54, 1.807) is 60.0 Å². The number of hydrogen-bond acceptors (Lipinski definition) is 9. The van der Waals surface area contributed by atoms with Gasteiger partial charge in [-0.2, -0.15) is 4.98 Å². The zero-order valence-corrected chi connectivity index (χ0v) is 24.9. The highest BCUT2D eigenvalue weighted by atomic mass is 16.5. The number of methoxy groups -OCH3 is 2. The van der Waals surface area contributed by atoms with Crippen molar-refractivity contribution in [1.29, 1.82) is 0 Å². The topological polar surface area (TPSA) is 144 Å². The fourth-order valence-corrected chi connectivity index (χ4v) is 5.50. The third kappa shape index (κ3) is 6.00. The maximum atomic E-state index is 14.2. The summed E-state index contributed by atoms with van der Waals surface area (Å²) in [6.07, 6.45) is 1.74. The van der Waals surface area contributed by atoms with E-state index in [0.717, 1.165) is 17.4 Å². The van der Waals surface area contributed by atoms with Crippen LogP contribution in [0.4, 0.5) is 5.95 Å². The summed E-state index contributed by atoms with van der Waals surface area (Å²) in [6.45, 7) is 3.05. The lowest BCUT2D eigenvalue weighted by molar-refractivity contribution is 0.0591. The van der Waals surface area contributed by atoms with Crippen LogP contribution in [0.25, 0.3) is 11.2 Å². The molecular weight excluding hydrogens is 564 g/mol. The molecule has 5 rings (SSSR count). The Hall–Kier alpha value is -5.15. The summed E-state index contributed by atoms with van der Waals surface area (Å²) in [5.41, 5.74) is 7.41. The molecule has 0 aliphatic carbocycles. The van der Waals surface area contributed by atoms with Crippen LogP contribution in [-0.2, 0) is 29.1 Å². The van der Waals surface area contributed by atoms with E-state index in [1.165, 1.54) is 18.8 Å². The van der Waals surface area contributed by atoms with Crippen LogP contribution in [0, 0.1) is 11.8 Å². The Morgan fingerprint density at radius 1 is 0.955 bits per heavy atom. The molecule has 0 unspecified atom stereocenters. The number of anilines is 1. The number of piperidine rings is 1. The van der Waals surface area contributed by atoms with E-state index in [2.05, 4.69) is 11.8 Å². The van der Waals surface area contributed by atoms with Crippen LogP contribution in [0.1, 0.15) is 51.6 Å². The average Bonchev–Trinajstić information content (AvgIpc) is 3.43. The van der Waals surface area contributed by atoms with Gasteiger partial charge in [-0.25, -0.2) is 14.4 Å². The number of aromatic nitrogens is 4. The smallest absolute Gasteiger partial charge is 0.337 e. The van der Waals surface area contributed by atoms with E-state index in [9.17, 15) is 19.2 Å². The van der Waals surface area contributed by atoms with Crippen molar-refractivity contribution in [3.05, 3.63) is 91.6 Å². The minimum absolute atomic E-state index is 0.0259. The highest BCUT2D eigenvalue weighted by molar-refractivity contribution is 5.90. The molecule has 44 heavy (non-hydrogen) atoms. The van der Waals surface area contributed by atoms with Crippen molar-refractivity contribution in [1.82, 2.24) is 18.7 Å². The average molecular weight is 599 g/mol. The van der Waals surface area contributed by atoms with Gasteiger partial charge in [0.15, 0.2) is 11.2 Å². The third-order valence-electron chi connectivity index (χ3n) is 7.63. The monoisotopic (exact) mass is 598 g/mol. The summed E-state index contributed by atoms with van der Waals surface area (Å²) in [6, 6.07) is 13.3. The summed E-state index contributed by atoms with van der Waals surface area (Å²) in [4.78, 5) is 59.7. The van der Waals surface area contributed by atoms with E-state index < -0.39 is 23.2 Å². The van der Waals surface area contributed by atoms with E-state index in [-0.39, 0.29) is 36.8 Å². The number of esters is 2. The van der Waals surface area contributed by atoms with Gasteiger partial charge in [0.05, 0.1) is 45.0 Å². The van der Waals surface area contributed by atoms with Crippen LogP contribution < -0.4 is 21.9 Å². The quantitative estimate of drug-likeness (QED) is 0.238. The number of ether oxygens (including phenoxy) is 2. The highest BCUT2D eigenvalue weighted by Crippen LogP contribution is 2.24. The third-order valence-corrected chi connectivity index (χ3v) is 7.63. The molecule has 12 heteroatoms. The van der Waals surface area contributed by atoms with Gasteiger partial charge in [0.2, 0.25) is 5.95 Å². The summed E-state index contributed by atoms with van der Waals surface area (Å²) < 4.78 is 14.0. The first-order valence-electron chi connectivity index (χ1n) is 14.2. The molecule has 0 radical (unpaired) electrons. The number of carbonyl (C=O) groups excluding carboxylic acids is 2. The van der Waals surface area contributed by atoms with Gasteiger partial charge in [0.1, 0.15) is 0 Å². The second-order valence-corrected chi connectivity index (χ2v) is 10.6. The Morgan fingerprint density at radius 3 is 2.14 bits per heavy atom. The predicted octanol–water partition coefficient (Wildman–Crippen LogP) is 1.98. The Balaban J connectivity index is 1.75. The molecule has 0 spiro atoms. The molecule has 0 bridgehead atoms. The molecule has 1 saturated heterocycles.